The minimum atomic E-state index is -0.899. The number of aliphatic carboxylic acids is 1. The summed E-state index contributed by atoms with van der Waals surface area (Å²) >= 11 is 0. The van der Waals surface area contributed by atoms with Crippen molar-refractivity contribution in [2.45, 2.75) is 26.4 Å². The molecule has 0 radical (unpaired) electrons. The molecule has 1 amide bonds. The monoisotopic (exact) mass is 490 g/mol. The van der Waals surface area contributed by atoms with Crippen LogP contribution in [0.2, 0.25) is 0 Å². The van der Waals surface area contributed by atoms with Crippen LogP contribution in [-0.4, -0.2) is 22.3 Å². The van der Waals surface area contributed by atoms with Crippen LogP contribution in [0.25, 0.3) is 11.3 Å². The maximum Gasteiger partial charge on any atom is 0.412 e. The van der Waals surface area contributed by atoms with Gasteiger partial charge >= 0.3 is 12.1 Å². The number of halogens is 1. The SMILES string of the molecule is Cc1onc(-c2ccc(Oc3ccc(CC(=O)O)cc3)cc2)c1NC(=O)OC(C)c1ccccc1F. The molecule has 3 aromatic carbocycles. The minimum Gasteiger partial charge on any atom is -0.481 e. The fourth-order valence-electron chi connectivity index (χ4n) is 3.54. The Morgan fingerprint density at radius 2 is 1.67 bits per heavy atom. The Bertz CT molecular complexity index is 1370. The second-order valence-electron chi connectivity index (χ2n) is 8.00. The van der Waals surface area contributed by atoms with Crippen molar-refractivity contribution >= 4 is 17.7 Å². The Kier molecular flexibility index (Phi) is 7.29. The van der Waals surface area contributed by atoms with Gasteiger partial charge in [0.2, 0.25) is 0 Å². The molecule has 0 bridgehead atoms. The number of hydrogen-bond donors (Lipinski definition) is 2. The zero-order valence-electron chi connectivity index (χ0n) is 19.5. The third kappa shape index (κ3) is 5.87. The molecule has 9 heteroatoms. The van der Waals surface area contributed by atoms with Crippen LogP contribution in [0.15, 0.2) is 77.3 Å². The maximum atomic E-state index is 14.0. The van der Waals surface area contributed by atoms with Gasteiger partial charge in [-0.25, -0.2) is 9.18 Å². The van der Waals surface area contributed by atoms with Crippen LogP contribution in [0.4, 0.5) is 14.9 Å². The lowest BCUT2D eigenvalue weighted by atomic mass is 10.1. The first kappa shape index (κ1) is 24.5. The first-order chi connectivity index (χ1) is 17.3. The molecular formula is C27H23FN2O6. The summed E-state index contributed by atoms with van der Waals surface area (Å²) in [7, 11) is 0. The highest BCUT2D eigenvalue weighted by Crippen LogP contribution is 2.32. The maximum absolute atomic E-state index is 14.0. The van der Waals surface area contributed by atoms with Crippen LogP contribution in [-0.2, 0) is 16.0 Å². The second kappa shape index (κ2) is 10.7. The second-order valence-corrected chi connectivity index (χ2v) is 8.00. The number of nitrogens with one attached hydrogen (secondary N) is 1. The molecule has 0 fully saturated rings. The summed E-state index contributed by atoms with van der Waals surface area (Å²) in [6, 6.07) is 19.8. The molecule has 0 saturated heterocycles. The number of nitrogens with zero attached hydrogens (tertiary/aromatic N) is 1. The summed E-state index contributed by atoms with van der Waals surface area (Å²) in [5, 5.41) is 15.6. The minimum absolute atomic E-state index is 0.0575. The van der Waals surface area contributed by atoms with E-state index in [4.69, 9.17) is 19.1 Å². The standard InChI is InChI=1S/C27H23FN2O6/c1-16(22-5-3-4-6-23(22)28)34-27(33)29-25-17(2)36-30-26(25)19-9-13-21(14-10-19)35-20-11-7-18(8-12-20)15-24(31)32/h3-14,16H,15H2,1-2H3,(H,29,33)(H,31,32). The zero-order chi connectivity index (χ0) is 25.7. The van der Waals surface area contributed by atoms with Gasteiger partial charge in [-0.2, -0.15) is 0 Å². The summed E-state index contributed by atoms with van der Waals surface area (Å²) < 4.78 is 30.4. The number of rotatable bonds is 8. The highest BCUT2D eigenvalue weighted by atomic mass is 19.1. The van der Waals surface area contributed by atoms with Gasteiger partial charge in [0.25, 0.3) is 0 Å². The van der Waals surface area contributed by atoms with Crippen LogP contribution >= 0.6 is 0 Å². The quantitative estimate of drug-likeness (QED) is 0.289. The van der Waals surface area contributed by atoms with E-state index in [0.29, 0.717) is 39.8 Å². The van der Waals surface area contributed by atoms with E-state index in [0.717, 1.165) is 0 Å². The number of ether oxygens (including phenoxy) is 2. The molecule has 184 valence electrons. The van der Waals surface area contributed by atoms with Gasteiger partial charge in [-0.1, -0.05) is 35.5 Å². The van der Waals surface area contributed by atoms with Crippen molar-refractivity contribution in [3.63, 3.8) is 0 Å². The molecule has 0 spiro atoms. The van der Waals surface area contributed by atoms with Crippen molar-refractivity contribution in [1.29, 1.82) is 0 Å². The first-order valence-corrected chi connectivity index (χ1v) is 11.1. The summed E-state index contributed by atoms with van der Waals surface area (Å²) in [6.07, 6.45) is -1.63. The highest BCUT2D eigenvalue weighted by molar-refractivity contribution is 5.91. The molecule has 0 saturated carbocycles. The lowest BCUT2D eigenvalue weighted by Gasteiger charge is -2.15. The number of benzene rings is 3. The average Bonchev–Trinajstić information content (AvgIpc) is 3.20. The smallest absolute Gasteiger partial charge is 0.412 e. The van der Waals surface area contributed by atoms with Gasteiger partial charge in [0.05, 0.1) is 6.42 Å². The van der Waals surface area contributed by atoms with E-state index in [9.17, 15) is 14.0 Å². The van der Waals surface area contributed by atoms with Gasteiger partial charge in [0.1, 0.15) is 34.8 Å². The molecule has 1 unspecified atom stereocenters. The summed E-state index contributed by atoms with van der Waals surface area (Å²) in [5.74, 6) is 0.130. The Balaban J connectivity index is 1.43. The number of hydrogen-bond acceptors (Lipinski definition) is 6. The average molecular weight is 490 g/mol. The lowest BCUT2D eigenvalue weighted by Crippen LogP contribution is -2.17. The number of carboxylic acids is 1. The van der Waals surface area contributed by atoms with Crippen molar-refractivity contribution in [3.8, 4) is 22.8 Å². The zero-order valence-corrected chi connectivity index (χ0v) is 19.5. The first-order valence-electron chi connectivity index (χ1n) is 11.1. The third-order valence-corrected chi connectivity index (χ3v) is 5.36. The van der Waals surface area contributed by atoms with Crippen LogP contribution in [0.1, 0.15) is 29.9 Å². The molecule has 0 aliphatic carbocycles. The number of aromatic nitrogens is 1. The van der Waals surface area contributed by atoms with E-state index in [-0.39, 0.29) is 12.0 Å². The molecule has 0 aliphatic heterocycles. The van der Waals surface area contributed by atoms with Crippen molar-refractivity contribution in [3.05, 3.63) is 95.5 Å². The van der Waals surface area contributed by atoms with Crippen molar-refractivity contribution in [2.24, 2.45) is 0 Å². The molecular weight excluding hydrogens is 467 g/mol. The molecule has 2 N–H and O–H groups in total. The summed E-state index contributed by atoms with van der Waals surface area (Å²) in [6.45, 7) is 3.23. The fourth-order valence-corrected chi connectivity index (χ4v) is 3.54. The molecule has 36 heavy (non-hydrogen) atoms. The van der Waals surface area contributed by atoms with Crippen LogP contribution < -0.4 is 10.1 Å². The third-order valence-electron chi connectivity index (χ3n) is 5.36. The topological polar surface area (TPSA) is 111 Å². The molecule has 4 aromatic rings. The highest BCUT2D eigenvalue weighted by Gasteiger charge is 2.21. The number of anilines is 1. The Hall–Kier alpha value is -4.66. The molecule has 8 nitrogen and oxygen atoms in total. The number of carbonyl (C=O) groups is 2. The number of aryl methyl sites for hydroxylation is 1. The van der Waals surface area contributed by atoms with Gasteiger partial charge in [-0.05, 0) is 61.9 Å². The lowest BCUT2D eigenvalue weighted by molar-refractivity contribution is -0.136. The van der Waals surface area contributed by atoms with Crippen molar-refractivity contribution in [1.82, 2.24) is 5.16 Å². The van der Waals surface area contributed by atoms with Crippen LogP contribution in [0, 0.1) is 12.7 Å². The molecule has 1 heterocycles. The number of carboxylic acid groups (broad SMARTS) is 1. The van der Waals surface area contributed by atoms with Gasteiger partial charge in [0.15, 0.2) is 5.76 Å². The van der Waals surface area contributed by atoms with E-state index in [1.807, 2.05) is 0 Å². The van der Waals surface area contributed by atoms with Crippen LogP contribution in [0.5, 0.6) is 11.5 Å². The van der Waals surface area contributed by atoms with Gasteiger partial charge < -0.3 is 19.1 Å². The van der Waals surface area contributed by atoms with E-state index >= 15 is 0 Å². The predicted molar refractivity (Wildman–Crippen MR) is 129 cm³/mol. The Morgan fingerprint density at radius 1 is 1.03 bits per heavy atom. The Morgan fingerprint density at radius 3 is 2.31 bits per heavy atom. The fraction of sp³-hybridized carbons (Fsp3) is 0.148. The molecule has 0 aliphatic rings. The van der Waals surface area contributed by atoms with Gasteiger partial charge in [0, 0.05) is 11.1 Å². The summed E-state index contributed by atoms with van der Waals surface area (Å²) in [5.41, 5.74) is 2.33. The molecule has 1 aromatic heterocycles. The Labute approximate surface area is 206 Å². The number of amides is 1. The molecule has 4 rings (SSSR count). The van der Waals surface area contributed by atoms with Crippen molar-refractivity contribution < 1.29 is 33.1 Å². The normalized spacial score (nSPS) is 11.5. The largest absolute Gasteiger partial charge is 0.481 e. The van der Waals surface area contributed by atoms with E-state index in [1.54, 1.807) is 80.6 Å². The number of carbonyl (C=O) groups excluding carboxylic acids is 1. The van der Waals surface area contributed by atoms with Crippen LogP contribution in [0.3, 0.4) is 0 Å². The van der Waals surface area contributed by atoms with E-state index < -0.39 is 24.0 Å². The molecule has 1 atom stereocenters. The van der Waals surface area contributed by atoms with E-state index in [2.05, 4.69) is 10.5 Å². The predicted octanol–water partition coefficient (Wildman–Crippen LogP) is 6.52. The van der Waals surface area contributed by atoms with Gasteiger partial charge in [-0.3, -0.25) is 10.1 Å². The van der Waals surface area contributed by atoms with Gasteiger partial charge in [-0.15, -0.1) is 0 Å². The van der Waals surface area contributed by atoms with E-state index in [1.165, 1.54) is 6.07 Å². The summed E-state index contributed by atoms with van der Waals surface area (Å²) in [4.78, 5) is 23.3. The van der Waals surface area contributed by atoms with Crippen molar-refractivity contribution in [2.75, 3.05) is 5.32 Å².